The second kappa shape index (κ2) is 7.84. The number of nitrogens with one attached hydrogen (secondary N) is 2. The number of piperidine rings is 1. The van der Waals surface area contributed by atoms with Gasteiger partial charge in [-0.3, -0.25) is 19.4 Å². The van der Waals surface area contributed by atoms with Crippen LogP contribution in [0.15, 0.2) is 27.8 Å². The van der Waals surface area contributed by atoms with Gasteiger partial charge < -0.3 is 14.6 Å². The van der Waals surface area contributed by atoms with Crippen molar-refractivity contribution in [1.29, 1.82) is 0 Å². The minimum absolute atomic E-state index is 0.0224. The van der Waals surface area contributed by atoms with E-state index in [1.807, 2.05) is 31.0 Å². The fourth-order valence-electron chi connectivity index (χ4n) is 3.78. The summed E-state index contributed by atoms with van der Waals surface area (Å²) in [5.41, 5.74) is 0.926. The predicted molar refractivity (Wildman–Crippen MR) is 103 cm³/mol. The molecule has 8 nitrogen and oxygen atoms in total. The molecule has 3 rings (SSSR count). The largest absolute Gasteiger partial charge is 0.496 e. The lowest BCUT2D eigenvalue weighted by Gasteiger charge is -2.32. The first kappa shape index (κ1) is 19.6. The molecule has 8 heteroatoms. The van der Waals surface area contributed by atoms with Crippen molar-refractivity contribution in [2.45, 2.75) is 26.7 Å². The lowest BCUT2D eigenvalue weighted by Crippen LogP contribution is -2.43. The molecule has 1 amide bonds. The Bertz CT molecular complexity index is 985. The van der Waals surface area contributed by atoms with Crippen LogP contribution in [0.4, 0.5) is 0 Å². The summed E-state index contributed by atoms with van der Waals surface area (Å²) >= 11 is 0. The van der Waals surface area contributed by atoms with Crippen LogP contribution in [-0.2, 0) is 0 Å². The monoisotopic (exact) mass is 385 g/mol. The molecule has 0 spiro atoms. The smallest absolute Gasteiger partial charge is 0.326 e. The van der Waals surface area contributed by atoms with Crippen LogP contribution >= 0.6 is 0 Å². The first-order valence-corrected chi connectivity index (χ1v) is 9.12. The molecule has 2 N–H and O–H groups in total. The Labute approximate surface area is 161 Å². The van der Waals surface area contributed by atoms with Crippen LogP contribution in [-0.4, -0.2) is 46.8 Å². The number of ether oxygens (including phenoxy) is 1. The molecule has 1 aromatic carbocycles. The zero-order valence-corrected chi connectivity index (χ0v) is 16.1. The van der Waals surface area contributed by atoms with Gasteiger partial charge in [0.25, 0.3) is 11.5 Å². The van der Waals surface area contributed by atoms with Gasteiger partial charge in [-0.15, -0.1) is 0 Å². The number of aromatic amines is 2. The van der Waals surface area contributed by atoms with Gasteiger partial charge in [0.2, 0.25) is 0 Å². The van der Waals surface area contributed by atoms with Crippen molar-refractivity contribution in [2.75, 3.05) is 20.2 Å². The van der Waals surface area contributed by atoms with Crippen molar-refractivity contribution >= 4 is 11.7 Å². The molecule has 1 aliphatic rings. The fourth-order valence-corrected chi connectivity index (χ4v) is 3.78. The third-order valence-corrected chi connectivity index (χ3v) is 5.02. The Morgan fingerprint density at radius 1 is 1.11 bits per heavy atom. The second-order valence-electron chi connectivity index (χ2n) is 7.10. The van der Waals surface area contributed by atoms with E-state index < -0.39 is 17.2 Å². The normalized spacial score (nSPS) is 16.7. The SMILES string of the molecule is COc1c(C)cc(C(=O)[C@H]2CCCN(C(=O)c3cc(=O)[nH]c(=O)[nH]3)C2)cc1C. The topological polar surface area (TPSA) is 112 Å². The van der Waals surface area contributed by atoms with Gasteiger partial charge in [-0.2, -0.15) is 0 Å². The molecule has 148 valence electrons. The molecule has 1 fully saturated rings. The van der Waals surface area contributed by atoms with Gasteiger partial charge in [0.05, 0.1) is 7.11 Å². The summed E-state index contributed by atoms with van der Waals surface area (Å²) in [7, 11) is 1.60. The molecule has 0 radical (unpaired) electrons. The molecule has 2 heterocycles. The molecule has 28 heavy (non-hydrogen) atoms. The molecular weight excluding hydrogens is 362 g/mol. The summed E-state index contributed by atoms with van der Waals surface area (Å²) in [6.07, 6.45) is 1.35. The summed E-state index contributed by atoms with van der Waals surface area (Å²) in [6.45, 7) is 4.50. The zero-order valence-electron chi connectivity index (χ0n) is 16.1. The minimum atomic E-state index is -0.732. The number of benzene rings is 1. The van der Waals surface area contributed by atoms with Crippen molar-refractivity contribution in [3.8, 4) is 5.75 Å². The van der Waals surface area contributed by atoms with E-state index in [0.717, 1.165) is 22.9 Å². The van der Waals surface area contributed by atoms with E-state index in [4.69, 9.17) is 4.74 Å². The average Bonchev–Trinajstić information content (AvgIpc) is 2.66. The first-order chi connectivity index (χ1) is 13.3. The van der Waals surface area contributed by atoms with Gasteiger partial charge in [-0.1, -0.05) is 0 Å². The number of carbonyl (C=O) groups excluding carboxylic acids is 2. The summed E-state index contributed by atoms with van der Waals surface area (Å²) < 4.78 is 5.35. The summed E-state index contributed by atoms with van der Waals surface area (Å²) in [5.74, 6) is -0.0533. The van der Waals surface area contributed by atoms with Crippen molar-refractivity contribution in [3.05, 3.63) is 61.4 Å². The lowest BCUT2D eigenvalue weighted by atomic mass is 9.88. The number of hydrogen-bond donors (Lipinski definition) is 2. The lowest BCUT2D eigenvalue weighted by molar-refractivity contribution is 0.0631. The summed E-state index contributed by atoms with van der Waals surface area (Å²) in [4.78, 5) is 54.5. The van der Waals surface area contributed by atoms with E-state index >= 15 is 0 Å². The van der Waals surface area contributed by atoms with Crippen LogP contribution in [0.25, 0.3) is 0 Å². The molecular formula is C20H23N3O5. The molecule has 1 atom stereocenters. The number of amides is 1. The summed E-state index contributed by atoms with van der Waals surface area (Å²) in [6, 6.07) is 4.68. The van der Waals surface area contributed by atoms with Gasteiger partial charge in [-0.25, -0.2) is 4.79 Å². The molecule has 1 saturated heterocycles. The van der Waals surface area contributed by atoms with Crippen molar-refractivity contribution < 1.29 is 14.3 Å². The third kappa shape index (κ3) is 3.90. The Morgan fingerprint density at radius 2 is 1.79 bits per heavy atom. The van der Waals surface area contributed by atoms with Crippen LogP contribution in [0.1, 0.15) is 44.8 Å². The molecule has 1 aliphatic heterocycles. The molecule has 2 aromatic rings. The second-order valence-corrected chi connectivity index (χ2v) is 7.10. The highest BCUT2D eigenvalue weighted by Crippen LogP contribution is 2.28. The fraction of sp³-hybridized carbons (Fsp3) is 0.400. The van der Waals surface area contributed by atoms with E-state index in [2.05, 4.69) is 4.98 Å². The van der Waals surface area contributed by atoms with E-state index in [1.165, 1.54) is 4.90 Å². The number of likely N-dealkylation sites (tertiary alicyclic amines) is 1. The number of hydrogen-bond acceptors (Lipinski definition) is 5. The van der Waals surface area contributed by atoms with E-state index in [-0.39, 0.29) is 23.9 Å². The number of carbonyl (C=O) groups is 2. The van der Waals surface area contributed by atoms with Gasteiger partial charge >= 0.3 is 5.69 Å². The maximum atomic E-state index is 13.0. The zero-order chi connectivity index (χ0) is 20.4. The molecule has 0 bridgehead atoms. The quantitative estimate of drug-likeness (QED) is 0.773. The number of Topliss-reactive ketones (excluding diaryl/α,β-unsaturated/α-hetero) is 1. The first-order valence-electron chi connectivity index (χ1n) is 9.12. The van der Waals surface area contributed by atoms with Crippen LogP contribution in [0.5, 0.6) is 5.75 Å². The highest BCUT2D eigenvalue weighted by Gasteiger charge is 2.30. The Kier molecular flexibility index (Phi) is 5.48. The van der Waals surface area contributed by atoms with Crippen molar-refractivity contribution in [3.63, 3.8) is 0 Å². The number of nitrogens with zero attached hydrogens (tertiary/aromatic N) is 1. The van der Waals surface area contributed by atoms with Gasteiger partial charge in [0, 0.05) is 30.6 Å². The Morgan fingerprint density at radius 3 is 2.39 bits per heavy atom. The summed E-state index contributed by atoms with van der Waals surface area (Å²) in [5, 5.41) is 0. The highest BCUT2D eigenvalue weighted by molar-refractivity contribution is 5.99. The highest BCUT2D eigenvalue weighted by atomic mass is 16.5. The molecule has 1 aromatic heterocycles. The van der Waals surface area contributed by atoms with E-state index in [1.54, 1.807) is 7.11 Å². The maximum Gasteiger partial charge on any atom is 0.326 e. The number of rotatable bonds is 4. The van der Waals surface area contributed by atoms with Gasteiger partial charge in [0.15, 0.2) is 5.78 Å². The van der Waals surface area contributed by atoms with Crippen LogP contribution < -0.4 is 16.0 Å². The van der Waals surface area contributed by atoms with Crippen LogP contribution in [0, 0.1) is 19.8 Å². The Hall–Kier alpha value is -3.16. The number of ketones is 1. The standard InChI is InChI=1S/C20H23N3O5/c1-11-7-14(8-12(2)18(11)28-3)17(25)13-5-4-6-23(10-13)19(26)15-9-16(24)22-20(27)21-15/h7-9,13H,4-6,10H2,1-3H3,(H2,21,22,24,27)/t13-/m0/s1. The molecule has 0 saturated carbocycles. The molecule has 0 unspecified atom stereocenters. The van der Waals surface area contributed by atoms with Crippen molar-refractivity contribution in [1.82, 2.24) is 14.9 Å². The maximum absolute atomic E-state index is 13.0. The number of aryl methyl sites for hydroxylation is 2. The Balaban J connectivity index is 1.81. The van der Waals surface area contributed by atoms with Gasteiger partial charge in [0.1, 0.15) is 11.4 Å². The van der Waals surface area contributed by atoms with Crippen LogP contribution in [0.3, 0.4) is 0 Å². The minimum Gasteiger partial charge on any atom is -0.496 e. The average molecular weight is 385 g/mol. The van der Waals surface area contributed by atoms with Crippen molar-refractivity contribution in [2.24, 2.45) is 5.92 Å². The number of methoxy groups -OCH3 is 1. The predicted octanol–water partition coefficient (Wildman–Crippen LogP) is 1.42. The number of H-pyrrole nitrogens is 2. The van der Waals surface area contributed by atoms with Gasteiger partial charge in [-0.05, 0) is 49.9 Å². The third-order valence-electron chi connectivity index (χ3n) is 5.02. The van der Waals surface area contributed by atoms with Crippen LogP contribution in [0.2, 0.25) is 0 Å². The van der Waals surface area contributed by atoms with E-state index in [9.17, 15) is 19.2 Å². The molecule has 0 aliphatic carbocycles. The van der Waals surface area contributed by atoms with E-state index in [0.29, 0.717) is 24.9 Å². The number of aromatic nitrogens is 2.